The molecule has 3 aromatic rings. The standard InChI is InChI=1S/C20H20ClN3O4S/c1-22-29(26,27)14-6-7-16(21)15(12-14)20(25)24-10-8-13(9-11-24)19-23-17-4-2-3-5-18(17)28-19/h2-7,12-13,22H,8-11H2,1H3. The second kappa shape index (κ2) is 7.78. The molecule has 9 heteroatoms. The first-order valence-electron chi connectivity index (χ1n) is 9.27. The fourth-order valence-electron chi connectivity index (χ4n) is 3.52. The lowest BCUT2D eigenvalue weighted by Crippen LogP contribution is -2.38. The predicted octanol–water partition coefficient (Wildman–Crippen LogP) is 3.41. The van der Waals surface area contributed by atoms with Crippen molar-refractivity contribution in [2.75, 3.05) is 20.1 Å². The van der Waals surface area contributed by atoms with Crippen molar-refractivity contribution in [1.82, 2.24) is 14.6 Å². The number of rotatable bonds is 4. The summed E-state index contributed by atoms with van der Waals surface area (Å²) in [5.74, 6) is 0.551. The van der Waals surface area contributed by atoms with Gasteiger partial charge in [-0.3, -0.25) is 4.79 Å². The van der Waals surface area contributed by atoms with E-state index < -0.39 is 10.0 Å². The van der Waals surface area contributed by atoms with Crippen LogP contribution in [0.15, 0.2) is 51.8 Å². The molecule has 0 radical (unpaired) electrons. The number of hydrogen-bond donors (Lipinski definition) is 1. The van der Waals surface area contributed by atoms with Gasteiger partial charge in [0, 0.05) is 19.0 Å². The third-order valence-electron chi connectivity index (χ3n) is 5.19. The molecule has 1 aliphatic heterocycles. The van der Waals surface area contributed by atoms with Crippen LogP contribution in [0.2, 0.25) is 5.02 Å². The van der Waals surface area contributed by atoms with Gasteiger partial charge in [-0.1, -0.05) is 23.7 Å². The van der Waals surface area contributed by atoms with E-state index in [2.05, 4.69) is 9.71 Å². The molecule has 7 nitrogen and oxygen atoms in total. The number of piperidine rings is 1. The zero-order chi connectivity index (χ0) is 20.6. The van der Waals surface area contributed by atoms with Crippen LogP contribution in [0.1, 0.15) is 35.0 Å². The van der Waals surface area contributed by atoms with Crippen LogP contribution in [0.25, 0.3) is 11.1 Å². The molecule has 1 saturated heterocycles. The second-order valence-corrected chi connectivity index (χ2v) is 9.23. The number of oxazole rings is 1. The van der Waals surface area contributed by atoms with Crippen molar-refractivity contribution >= 4 is 38.6 Å². The zero-order valence-electron chi connectivity index (χ0n) is 15.8. The van der Waals surface area contributed by atoms with E-state index in [0.29, 0.717) is 31.8 Å². The molecule has 0 atom stereocenters. The molecule has 1 aromatic heterocycles. The summed E-state index contributed by atoms with van der Waals surface area (Å²) in [6.45, 7) is 1.03. The molecule has 1 N–H and O–H groups in total. The summed E-state index contributed by atoms with van der Waals surface area (Å²) in [6, 6.07) is 11.8. The number of benzene rings is 2. The minimum Gasteiger partial charge on any atom is -0.440 e. The lowest BCUT2D eigenvalue weighted by atomic mass is 9.96. The Balaban J connectivity index is 1.50. The van der Waals surface area contributed by atoms with Gasteiger partial charge in [-0.25, -0.2) is 18.1 Å². The summed E-state index contributed by atoms with van der Waals surface area (Å²) in [5.41, 5.74) is 1.77. The summed E-state index contributed by atoms with van der Waals surface area (Å²) >= 11 is 6.19. The third kappa shape index (κ3) is 3.88. The number of fused-ring (bicyclic) bond motifs is 1. The second-order valence-electron chi connectivity index (χ2n) is 6.94. The number of carbonyl (C=O) groups excluding carboxylic acids is 1. The van der Waals surface area contributed by atoms with Gasteiger partial charge in [0.05, 0.1) is 15.5 Å². The molecule has 0 bridgehead atoms. The Morgan fingerprint density at radius 1 is 1.21 bits per heavy atom. The molecule has 0 unspecified atom stereocenters. The first kappa shape index (κ1) is 19.9. The van der Waals surface area contributed by atoms with E-state index in [0.717, 1.165) is 11.1 Å². The van der Waals surface area contributed by atoms with Crippen molar-refractivity contribution in [3.05, 3.63) is 58.9 Å². The maximum Gasteiger partial charge on any atom is 0.255 e. The Labute approximate surface area is 173 Å². The number of para-hydroxylation sites is 2. The van der Waals surface area contributed by atoms with Crippen molar-refractivity contribution in [2.24, 2.45) is 0 Å². The highest BCUT2D eigenvalue weighted by Crippen LogP contribution is 2.31. The van der Waals surface area contributed by atoms with Gasteiger partial charge in [0.15, 0.2) is 11.5 Å². The average Bonchev–Trinajstić information content (AvgIpc) is 3.18. The van der Waals surface area contributed by atoms with Crippen LogP contribution < -0.4 is 4.72 Å². The van der Waals surface area contributed by atoms with E-state index in [9.17, 15) is 13.2 Å². The summed E-state index contributed by atoms with van der Waals surface area (Å²) < 4.78 is 32.2. The first-order chi connectivity index (χ1) is 13.9. The van der Waals surface area contributed by atoms with E-state index in [1.54, 1.807) is 4.90 Å². The molecule has 1 fully saturated rings. The van der Waals surface area contributed by atoms with Crippen molar-refractivity contribution in [3.63, 3.8) is 0 Å². The van der Waals surface area contributed by atoms with Crippen molar-refractivity contribution in [3.8, 4) is 0 Å². The van der Waals surface area contributed by atoms with Gasteiger partial charge >= 0.3 is 0 Å². The molecule has 1 aliphatic rings. The number of amides is 1. The van der Waals surface area contributed by atoms with E-state index in [1.807, 2.05) is 24.3 Å². The monoisotopic (exact) mass is 433 g/mol. The van der Waals surface area contributed by atoms with E-state index >= 15 is 0 Å². The molecule has 29 heavy (non-hydrogen) atoms. The Bertz CT molecular complexity index is 1130. The smallest absolute Gasteiger partial charge is 0.255 e. The third-order valence-corrected chi connectivity index (χ3v) is 6.93. The molecule has 0 spiro atoms. The first-order valence-corrected chi connectivity index (χ1v) is 11.1. The van der Waals surface area contributed by atoms with Gasteiger partial charge in [-0.05, 0) is 50.2 Å². The molecule has 2 aromatic carbocycles. The maximum absolute atomic E-state index is 13.0. The number of hydrogen-bond acceptors (Lipinski definition) is 5. The topological polar surface area (TPSA) is 92.5 Å². The highest BCUT2D eigenvalue weighted by atomic mass is 35.5. The van der Waals surface area contributed by atoms with Crippen LogP contribution in [0.4, 0.5) is 0 Å². The molecule has 0 saturated carbocycles. The summed E-state index contributed by atoms with van der Waals surface area (Å²) in [6.07, 6.45) is 1.43. The van der Waals surface area contributed by atoms with Crippen LogP contribution in [-0.4, -0.2) is 44.3 Å². The molecule has 152 valence electrons. The van der Waals surface area contributed by atoms with Gasteiger partial charge in [0.2, 0.25) is 10.0 Å². The minimum atomic E-state index is -3.66. The molecule has 0 aliphatic carbocycles. The summed E-state index contributed by atoms with van der Waals surface area (Å²) in [7, 11) is -2.34. The van der Waals surface area contributed by atoms with Crippen LogP contribution >= 0.6 is 11.6 Å². The number of nitrogens with one attached hydrogen (secondary N) is 1. The zero-order valence-corrected chi connectivity index (χ0v) is 17.3. The molecular weight excluding hydrogens is 414 g/mol. The molecule has 2 heterocycles. The highest BCUT2D eigenvalue weighted by Gasteiger charge is 2.29. The van der Waals surface area contributed by atoms with Gasteiger partial charge in [0.25, 0.3) is 5.91 Å². The van der Waals surface area contributed by atoms with E-state index in [-0.39, 0.29) is 27.3 Å². The van der Waals surface area contributed by atoms with Crippen LogP contribution in [0.3, 0.4) is 0 Å². The summed E-state index contributed by atoms with van der Waals surface area (Å²) in [5, 5.41) is 0.228. The highest BCUT2D eigenvalue weighted by molar-refractivity contribution is 7.89. The van der Waals surface area contributed by atoms with Crippen LogP contribution in [0, 0.1) is 0 Å². The van der Waals surface area contributed by atoms with Crippen LogP contribution in [-0.2, 0) is 10.0 Å². The molecular formula is C20H20ClN3O4S. The maximum atomic E-state index is 13.0. The lowest BCUT2D eigenvalue weighted by Gasteiger charge is -2.31. The fourth-order valence-corrected chi connectivity index (χ4v) is 4.47. The SMILES string of the molecule is CNS(=O)(=O)c1ccc(Cl)c(C(=O)N2CCC(c3nc4ccccc4o3)CC2)c1. The summed E-state index contributed by atoms with van der Waals surface area (Å²) in [4.78, 5) is 19.2. The number of halogens is 1. The van der Waals surface area contributed by atoms with Gasteiger partial charge in [-0.15, -0.1) is 0 Å². The Hall–Kier alpha value is -2.42. The van der Waals surface area contributed by atoms with Crippen molar-refractivity contribution in [2.45, 2.75) is 23.7 Å². The lowest BCUT2D eigenvalue weighted by molar-refractivity contribution is 0.0706. The number of likely N-dealkylation sites (tertiary alicyclic amines) is 1. The molecule has 4 rings (SSSR count). The van der Waals surface area contributed by atoms with Crippen molar-refractivity contribution in [1.29, 1.82) is 0 Å². The minimum absolute atomic E-state index is 0.00844. The van der Waals surface area contributed by atoms with Gasteiger partial charge in [-0.2, -0.15) is 0 Å². The van der Waals surface area contributed by atoms with E-state index in [1.165, 1.54) is 25.2 Å². The average molecular weight is 434 g/mol. The van der Waals surface area contributed by atoms with Gasteiger partial charge < -0.3 is 9.32 Å². The van der Waals surface area contributed by atoms with E-state index in [4.69, 9.17) is 16.0 Å². The quantitative estimate of drug-likeness (QED) is 0.680. The Kier molecular flexibility index (Phi) is 5.33. The normalized spacial score (nSPS) is 15.7. The number of nitrogens with zero attached hydrogens (tertiary/aromatic N) is 2. The number of carbonyl (C=O) groups is 1. The van der Waals surface area contributed by atoms with Crippen molar-refractivity contribution < 1.29 is 17.6 Å². The predicted molar refractivity (Wildman–Crippen MR) is 110 cm³/mol. The Morgan fingerprint density at radius 2 is 1.93 bits per heavy atom. The van der Waals surface area contributed by atoms with Gasteiger partial charge in [0.1, 0.15) is 5.52 Å². The Morgan fingerprint density at radius 3 is 2.62 bits per heavy atom. The number of sulfonamides is 1. The number of aromatic nitrogens is 1. The van der Waals surface area contributed by atoms with Crippen LogP contribution in [0.5, 0.6) is 0 Å². The largest absolute Gasteiger partial charge is 0.440 e. The fraction of sp³-hybridized carbons (Fsp3) is 0.300. The molecule has 1 amide bonds.